The fourth-order valence-electron chi connectivity index (χ4n) is 0.618. The molecular weight excluding hydrogens is 337 g/mol. The van der Waals surface area contributed by atoms with Crippen molar-refractivity contribution in [2.45, 2.75) is 24.4 Å². The Kier molecular flexibility index (Phi) is 40.1. The third-order valence-corrected chi connectivity index (χ3v) is 1.42. The molecule has 0 saturated heterocycles. The van der Waals surface area contributed by atoms with Crippen LogP contribution in [-0.4, -0.2) is 62.8 Å². The molecule has 128 valence electrons. The predicted octanol–water partition coefficient (Wildman–Crippen LogP) is -1.77. The molecule has 0 spiro atoms. The Hall–Kier alpha value is -1.90. The van der Waals surface area contributed by atoms with Crippen LogP contribution in [0.25, 0.3) is 0 Å². The zero-order valence-electron chi connectivity index (χ0n) is 10.5. The minimum atomic E-state index is -1.79. The van der Waals surface area contributed by atoms with Gasteiger partial charge in [0.2, 0.25) is 0 Å². The summed E-state index contributed by atoms with van der Waals surface area (Å²) < 4.78 is 0. The molecule has 0 aromatic carbocycles. The number of nitrogens with zero attached hydrogens (tertiary/aromatic N) is 3. The van der Waals surface area contributed by atoms with Gasteiger partial charge in [-0.3, -0.25) is 0 Å². The second-order valence-electron chi connectivity index (χ2n) is 2.58. The van der Waals surface area contributed by atoms with Gasteiger partial charge in [-0.1, -0.05) is 0 Å². The summed E-state index contributed by atoms with van der Waals surface area (Å²) in [6.45, 7) is -0.760. The molecule has 0 aliphatic rings. The molecule has 2 radical (unpaired) electrons. The second-order valence-corrected chi connectivity index (χ2v) is 2.58. The van der Waals surface area contributed by atoms with E-state index in [1.165, 1.54) is 0 Å². The first-order valence-electron chi connectivity index (χ1n) is 4.42. The van der Waals surface area contributed by atoms with E-state index in [9.17, 15) is 4.79 Å². The van der Waals surface area contributed by atoms with Crippen LogP contribution in [0.2, 0.25) is 0 Å². The number of aliphatic hydroxyl groups excluding tert-OH is 5. The minimum absolute atomic E-state index is 0. The van der Waals surface area contributed by atoms with Gasteiger partial charge in [0.1, 0.15) is 24.4 Å². The molecule has 0 heterocycles. The Morgan fingerprint density at radius 3 is 1.32 bits per heavy atom. The van der Waals surface area contributed by atoms with Crippen LogP contribution in [0, 0.1) is 30.3 Å². The van der Waals surface area contributed by atoms with E-state index < -0.39 is 31.0 Å². The van der Waals surface area contributed by atoms with Crippen molar-refractivity contribution in [1.82, 2.24) is 0 Å². The van der Waals surface area contributed by atoms with E-state index in [0.717, 1.165) is 16.0 Å². The van der Waals surface area contributed by atoms with Crippen molar-refractivity contribution in [1.29, 1.82) is 0 Å². The molecule has 0 unspecified atom stereocenters. The largest absolute Gasteiger partial charge is 3.00 e. The number of aldehydes is 1. The monoisotopic (exact) mass is 349 g/mol. The van der Waals surface area contributed by atoms with Gasteiger partial charge < -0.3 is 60.7 Å². The topological polar surface area (TPSA) is 276 Å². The fourth-order valence-corrected chi connectivity index (χ4v) is 0.618. The summed E-state index contributed by atoms with van der Waals surface area (Å²) in [5, 5.41) is 70.5. The quantitative estimate of drug-likeness (QED) is 0.159. The average molecular weight is 349 g/mol. The summed E-state index contributed by atoms with van der Waals surface area (Å²) in [4.78, 5) is 33.9. The maximum absolute atomic E-state index is 9.90. The van der Waals surface area contributed by atoms with E-state index in [1.54, 1.807) is 0 Å². The Labute approximate surface area is 125 Å². The van der Waals surface area contributed by atoms with Crippen LogP contribution in [0.3, 0.4) is 0 Å². The average Bonchev–Trinajstić information content (AvgIpc) is 2.46. The number of carbonyl (C=O) groups is 1. The van der Waals surface area contributed by atoms with Gasteiger partial charge in [0, 0.05) is 0 Å². The number of hydrogen-bond donors (Lipinski definition) is 5. The number of hydrogen-bond acceptors (Lipinski definition) is 15. The maximum atomic E-state index is 9.90. The molecule has 0 amide bonds. The Balaban J connectivity index is -0.0000000802. The summed E-state index contributed by atoms with van der Waals surface area (Å²) in [7, 11) is 0. The molecule has 4 atom stereocenters. The van der Waals surface area contributed by atoms with Crippen molar-refractivity contribution in [2.75, 3.05) is 6.61 Å². The van der Waals surface area contributed by atoms with Crippen LogP contribution in [0.5, 0.6) is 0 Å². The van der Waals surface area contributed by atoms with Crippen molar-refractivity contribution in [3.05, 3.63) is 30.3 Å². The third-order valence-electron chi connectivity index (χ3n) is 1.42. The minimum Gasteiger partial charge on any atom is -0.444 e. The molecule has 22 heavy (non-hydrogen) atoms. The zero-order chi connectivity index (χ0) is 17.8. The smallest absolute Gasteiger partial charge is 0.444 e. The van der Waals surface area contributed by atoms with Gasteiger partial charge in [-0.15, -0.1) is 16.0 Å². The van der Waals surface area contributed by atoms with Crippen LogP contribution in [-0.2, 0) is 4.79 Å². The van der Waals surface area contributed by atoms with Gasteiger partial charge in [-0.05, 0) is 0 Å². The first kappa shape index (κ1) is 32.2. The number of carbonyl (C=O) groups excluding carboxylic acids is 1. The third kappa shape index (κ3) is 26.6. The normalized spacial score (nSPS) is 13.1. The van der Waals surface area contributed by atoms with Crippen LogP contribution in [0.15, 0.2) is 16.0 Å². The van der Waals surface area contributed by atoms with E-state index in [4.69, 9.17) is 55.9 Å². The summed E-state index contributed by atoms with van der Waals surface area (Å²) in [5.74, 6) is 0. The predicted molar refractivity (Wildman–Crippen MR) is 71.6 cm³/mol. The van der Waals surface area contributed by atoms with E-state index in [2.05, 4.69) is 0 Å². The Bertz CT molecular complexity index is 245. The molecule has 0 rings (SSSR count). The second kappa shape index (κ2) is 27.4. The SMILES string of the molecule is O=C[C@H](O)[C@@H](O)[C@H](O)[C@H](O)CO.O=N[O-].O=N[O-].O=N[O-].[P+3]. The van der Waals surface area contributed by atoms with Crippen LogP contribution >= 0.6 is 9.90 Å². The van der Waals surface area contributed by atoms with E-state index in [1.807, 2.05) is 0 Å². The summed E-state index contributed by atoms with van der Waals surface area (Å²) in [5.41, 5.74) is 0. The van der Waals surface area contributed by atoms with Gasteiger partial charge in [0.15, 0.2) is 6.29 Å². The van der Waals surface area contributed by atoms with Gasteiger partial charge in [-0.2, -0.15) is 0 Å². The molecule has 15 nitrogen and oxygen atoms in total. The molecule has 0 bridgehead atoms. The van der Waals surface area contributed by atoms with E-state index >= 15 is 0 Å². The molecule has 0 aliphatic carbocycles. The van der Waals surface area contributed by atoms with E-state index in [-0.39, 0.29) is 16.2 Å². The summed E-state index contributed by atoms with van der Waals surface area (Å²) in [6, 6.07) is 0. The maximum Gasteiger partial charge on any atom is 3.00 e. The van der Waals surface area contributed by atoms with Crippen molar-refractivity contribution < 1.29 is 30.3 Å². The van der Waals surface area contributed by atoms with Gasteiger partial charge in [0.05, 0.1) is 6.61 Å². The summed E-state index contributed by atoms with van der Waals surface area (Å²) in [6.07, 6.45) is -6.84. The van der Waals surface area contributed by atoms with Gasteiger partial charge in [0.25, 0.3) is 0 Å². The van der Waals surface area contributed by atoms with Crippen molar-refractivity contribution >= 4 is 16.2 Å². The molecule has 0 saturated carbocycles. The molecule has 0 fully saturated rings. The fraction of sp³-hybridized carbons (Fsp3) is 0.833. The van der Waals surface area contributed by atoms with Crippen LogP contribution in [0.1, 0.15) is 0 Å². The van der Waals surface area contributed by atoms with Crippen molar-refractivity contribution in [3.63, 3.8) is 0 Å². The van der Waals surface area contributed by atoms with E-state index in [0.29, 0.717) is 0 Å². The Morgan fingerprint density at radius 1 is 0.864 bits per heavy atom. The Morgan fingerprint density at radius 2 is 1.14 bits per heavy atom. The molecule has 0 aliphatic heterocycles. The molecular formula is C6H12N3O12P. The van der Waals surface area contributed by atoms with Crippen molar-refractivity contribution in [2.24, 2.45) is 16.0 Å². The molecule has 0 aromatic rings. The number of rotatable bonds is 5. The molecule has 0 aromatic heterocycles. The van der Waals surface area contributed by atoms with Crippen LogP contribution < -0.4 is 0 Å². The standard InChI is InChI=1S/C6H12O6.3HNO2.P/c7-1-3(9)5(11)6(12)4(10)2-8;3*2-1-3;/h1,3-6,8-12H,2H2;3*(H,2,3);/q;;;;+3/p-3/t3-,4+,5+,6+;;;;/m0..../s1. The molecule has 5 N–H and O–H groups in total. The molecule has 16 heteroatoms. The number of aliphatic hydroxyl groups is 5. The zero-order valence-corrected chi connectivity index (χ0v) is 11.4. The van der Waals surface area contributed by atoms with Crippen molar-refractivity contribution in [3.8, 4) is 0 Å². The first-order chi connectivity index (χ1) is 9.78. The first-order valence-corrected chi connectivity index (χ1v) is 4.42. The van der Waals surface area contributed by atoms with Crippen LogP contribution in [0.4, 0.5) is 0 Å². The van der Waals surface area contributed by atoms with Gasteiger partial charge in [-0.25, -0.2) is 0 Å². The van der Waals surface area contributed by atoms with Gasteiger partial charge >= 0.3 is 9.90 Å². The summed E-state index contributed by atoms with van der Waals surface area (Å²) >= 11 is 0.